The van der Waals surface area contributed by atoms with Crippen LogP contribution in [0.5, 0.6) is 0 Å². The van der Waals surface area contributed by atoms with Gasteiger partial charge in [0.25, 0.3) is 0 Å². The molecule has 4 heteroatoms. The van der Waals surface area contributed by atoms with Crippen molar-refractivity contribution in [1.29, 1.82) is 0 Å². The lowest BCUT2D eigenvalue weighted by molar-refractivity contribution is -0.140. The number of amides is 1. The zero-order valence-electron chi connectivity index (χ0n) is 9.06. The second-order valence-corrected chi connectivity index (χ2v) is 4.08. The van der Waals surface area contributed by atoms with Gasteiger partial charge in [0.05, 0.1) is 13.1 Å². The molecule has 1 amide bonds. The lowest BCUT2D eigenvalue weighted by Crippen LogP contribution is -2.57. The fourth-order valence-corrected chi connectivity index (χ4v) is 1.76. The van der Waals surface area contributed by atoms with E-state index in [0.29, 0.717) is 13.1 Å². The molecule has 0 aromatic rings. The van der Waals surface area contributed by atoms with Crippen LogP contribution in [0, 0.1) is 0 Å². The maximum absolute atomic E-state index is 11.6. The largest absolute Gasteiger partial charge is 0.338 e. The van der Waals surface area contributed by atoms with E-state index >= 15 is 0 Å². The Hall–Kier alpha value is -0.900. The third kappa shape index (κ3) is 2.32. The summed E-state index contributed by atoms with van der Waals surface area (Å²) in [7, 11) is 0. The molecule has 0 aliphatic carbocycles. The first kappa shape index (κ1) is 11.2. The van der Waals surface area contributed by atoms with Crippen molar-refractivity contribution in [3.8, 4) is 0 Å². The van der Waals surface area contributed by atoms with Crippen LogP contribution >= 0.6 is 0 Å². The highest BCUT2D eigenvalue weighted by Gasteiger charge is 2.30. The van der Waals surface area contributed by atoms with Gasteiger partial charge in [-0.3, -0.25) is 9.69 Å². The number of hydrogen-bond donors (Lipinski definition) is 0. The Morgan fingerprint density at radius 2 is 2.21 bits per heavy atom. The predicted octanol–water partition coefficient (Wildman–Crippen LogP) is 0.126. The van der Waals surface area contributed by atoms with Crippen LogP contribution < -0.4 is 0 Å². The fraction of sp³-hybridized carbons (Fsp3) is 0.800. The van der Waals surface area contributed by atoms with E-state index in [1.165, 1.54) is 0 Å². The van der Waals surface area contributed by atoms with Crippen LogP contribution in [0.1, 0.15) is 20.8 Å². The molecule has 14 heavy (non-hydrogen) atoms. The molecule has 1 atom stereocenters. The van der Waals surface area contributed by atoms with E-state index in [4.69, 9.17) is 0 Å². The molecular formula is C10H18N2O2. The Kier molecular flexibility index (Phi) is 3.63. The van der Waals surface area contributed by atoms with Crippen LogP contribution in [-0.2, 0) is 9.59 Å². The Morgan fingerprint density at radius 3 is 2.71 bits per heavy atom. The highest BCUT2D eigenvalue weighted by atomic mass is 16.2. The molecule has 1 unspecified atom stereocenters. The van der Waals surface area contributed by atoms with E-state index in [1.807, 2.05) is 30.6 Å². The first-order chi connectivity index (χ1) is 6.56. The fourth-order valence-electron chi connectivity index (χ4n) is 1.76. The van der Waals surface area contributed by atoms with Gasteiger partial charge in [0.1, 0.15) is 6.29 Å². The molecular weight excluding hydrogens is 180 g/mol. The molecule has 0 aromatic heterocycles. The van der Waals surface area contributed by atoms with Gasteiger partial charge in [0.2, 0.25) is 5.91 Å². The van der Waals surface area contributed by atoms with Crippen molar-refractivity contribution in [3.63, 3.8) is 0 Å². The second-order valence-electron chi connectivity index (χ2n) is 4.08. The number of nitrogens with zero attached hydrogens (tertiary/aromatic N) is 2. The molecule has 0 spiro atoms. The average Bonchev–Trinajstić information content (AvgIpc) is 2.10. The van der Waals surface area contributed by atoms with Crippen LogP contribution in [0.4, 0.5) is 0 Å². The number of rotatable bonds is 3. The zero-order chi connectivity index (χ0) is 10.7. The van der Waals surface area contributed by atoms with Gasteiger partial charge in [0.15, 0.2) is 0 Å². The Morgan fingerprint density at radius 1 is 1.57 bits per heavy atom. The molecule has 1 rings (SSSR count). The molecule has 4 nitrogen and oxygen atoms in total. The summed E-state index contributed by atoms with van der Waals surface area (Å²) in [5.41, 5.74) is 0. The molecule has 1 saturated heterocycles. The van der Waals surface area contributed by atoms with Crippen LogP contribution in [-0.4, -0.2) is 53.7 Å². The summed E-state index contributed by atoms with van der Waals surface area (Å²) in [5.74, 6) is 0.125. The normalized spacial score (nSPS) is 24.4. The SMILES string of the molecule is CC1CN(C(C)C)C(=O)CN1CC=O. The van der Waals surface area contributed by atoms with Gasteiger partial charge in [-0.05, 0) is 20.8 Å². The minimum absolute atomic E-state index is 0.125. The van der Waals surface area contributed by atoms with Gasteiger partial charge in [-0.1, -0.05) is 0 Å². The van der Waals surface area contributed by atoms with Crippen molar-refractivity contribution in [2.45, 2.75) is 32.9 Å². The van der Waals surface area contributed by atoms with Crippen molar-refractivity contribution >= 4 is 12.2 Å². The summed E-state index contributed by atoms with van der Waals surface area (Å²) in [6.45, 7) is 7.53. The van der Waals surface area contributed by atoms with Gasteiger partial charge >= 0.3 is 0 Å². The highest BCUT2D eigenvalue weighted by molar-refractivity contribution is 5.79. The number of aldehydes is 1. The second kappa shape index (κ2) is 4.55. The topological polar surface area (TPSA) is 40.6 Å². The number of carbonyl (C=O) groups is 2. The van der Waals surface area contributed by atoms with Crippen LogP contribution in [0.25, 0.3) is 0 Å². The lowest BCUT2D eigenvalue weighted by Gasteiger charge is -2.40. The minimum Gasteiger partial charge on any atom is -0.338 e. The third-order valence-electron chi connectivity index (χ3n) is 2.68. The summed E-state index contributed by atoms with van der Waals surface area (Å²) in [6, 6.07) is 0.531. The first-order valence-corrected chi connectivity index (χ1v) is 5.03. The van der Waals surface area contributed by atoms with E-state index in [1.54, 1.807) is 0 Å². The molecule has 1 heterocycles. The van der Waals surface area contributed by atoms with E-state index in [0.717, 1.165) is 12.8 Å². The molecule has 0 saturated carbocycles. The Labute approximate surface area is 84.9 Å². The lowest BCUT2D eigenvalue weighted by atomic mass is 10.1. The molecule has 0 N–H and O–H groups in total. The summed E-state index contributed by atoms with van der Waals surface area (Å²) in [6.07, 6.45) is 0.856. The molecule has 0 radical (unpaired) electrons. The van der Waals surface area contributed by atoms with Crippen molar-refractivity contribution < 1.29 is 9.59 Å². The Balaban J connectivity index is 2.61. The van der Waals surface area contributed by atoms with Gasteiger partial charge < -0.3 is 9.69 Å². The minimum atomic E-state index is 0.125. The first-order valence-electron chi connectivity index (χ1n) is 5.03. The van der Waals surface area contributed by atoms with E-state index in [9.17, 15) is 9.59 Å². The van der Waals surface area contributed by atoms with Crippen molar-refractivity contribution in [1.82, 2.24) is 9.80 Å². The van der Waals surface area contributed by atoms with E-state index in [2.05, 4.69) is 0 Å². The van der Waals surface area contributed by atoms with Gasteiger partial charge in [0, 0.05) is 18.6 Å². The summed E-state index contributed by atoms with van der Waals surface area (Å²) in [5, 5.41) is 0. The zero-order valence-corrected chi connectivity index (χ0v) is 9.06. The maximum Gasteiger partial charge on any atom is 0.237 e. The van der Waals surface area contributed by atoms with Crippen molar-refractivity contribution in [3.05, 3.63) is 0 Å². The maximum atomic E-state index is 11.6. The van der Waals surface area contributed by atoms with E-state index in [-0.39, 0.29) is 18.0 Å². The molecule has 80 valence electrons. The van der Waals surface area contributed by atoms with Crippen LogP contribution in [0.15, 0.2) is 0 Å². The summed E-state index contributed by atoms with van der Waals surface area (Å²) < 4.78 is 0. The predicted molar refractivity (Wildman–Crippen MR) is 53.9 cm³/mol. The van der Waals surface area contributed by atoms with Crippen molar-refractivity contribution in [2.75, 3.05) is 19.6 Å². The van der Waals surface area contributed by atoms with Crippen LogP contribution in [0.3, 0.4) is 0 Å². The van der Waals surface area contributed by atoms with Gasteiger partial charge in [-0.2, -0.15) is 0 Å². The molecule has 1 aliphatic heterocycles. The van der Waals surface area contributed by atoms with E-state index < -0.39 is 0 Å². The third-order valence-corrected chi connectivity index (χ3v) is 2.68. The smallest absolute Gasteiger partial charge is 0.237 e. The number of carbonyl (C=O) groups excluding carboxylic acids is 2. The van der Waals surface area contributed by atoms with Crippen LogP contribution in [0.2, 0.25) is 0 Å². The molecule has 0 aromatic carbocycles. The number of piperazine rings is 1. The molecule has 1 fully saturated rings. The Bertz CT molecular complexity index is 228. The highest BCUT2D eigenvalue weighted by Crippen LogP contribution is 2.12. The van der Waals surface area contributed by atoms with Gasteiger partial charge in [-0.25, -0.2) is 0 Å². The monoisotopic (exact) mass is 198 g/mol. The van der Waals surface area contributed by atoms with Crippen molar-refractivity contribution in [2.24, 2.45) is 0 Å². The molecule has 0 bridgehead atoms. The average molecular weight is 198 g/mol. The summed E-state index contributed by atoms with van der Waals surface area (Å²) >= 11 is 0. The number of hydrogen-bond acceptors (Lipinski definition) is 3. The summed E-state index contributed by atoms with van der Waals surface area (Å²) in [4.78, 5) is 25.8. The quantitative estimate of drug-likeness (QED) is 0.605. The van der Waals surface area contributed by atoms with Gasteiger partial charge in [-0.15, -0.1) is 0 Å². The standard InChI is InChI=1S/C10H18N2O2/c1-8(2)12-6-9(3)11(4-5-13)7-10(12)14/h5,8-9H,4,6-7H2,1-3H3. The molecule has 1 aliphatic rings.